The Kier molecular flexibility index (Phi) is 3.25. The van der Waals surface area contributed by atoms with Crippen LogP contribution in [0, 0.1) is 0 Å². The fourth-order valence-electron chi connectivity index (χ4n) is 1.32. The van der Waals surface area contributed by atoms with E-state index in [-0.39, 0.29) is 6.42 Å². The van der Waals surface area contributed by atoms with Crippen LogP contribution in [0.3, 0.4) is 0 Å². The van der Waals surface area contributed by atoms with Gasteiger partial charge in [-0.1, -0.05) is 37.3 Å². The molecule has 1 atom stereocenters. The van der Waals surface area contributed by atoms with E-state index in [9.17, 15) is 9.90 Å². The fourth-order valence-corrected chi connectivity index (χ4v) is 1.32. The Balaban J connectivity index is 2.81. The number of rotatable bonds is 4. The van der Waals surface area contributed by atoms with Crippen molar-refractivity contribution in [2.24, 2.45) is 5.73 Å². The molecular formula is C11H15NO2. The first-order valence-corrected chi connectivity index (χ1v) is 4.64. The molecule has 0 heterocycles. The number of carbonyl (C=O) groups excluding carboxylic acids is 1. The SMILES string of the molecule is CCC(O)(Cc1ccccc1)C(N)=O. The first kappa shape index (κ1) is 10.7. The molecule has 1 amide bonds. The van der Waals surface area contributed by atoms with Crippen molar-refractivity contribution < 1.29 is 9.90 Å². The summed E-state index contributed by atoms with van der Waals surface area (Å²) in [6, 6.07) is 9.35. The number of carbonyl (C=O) groups is 1. The fraction of sp³-hybridized carbons (Fsp3) is 0.364. The quantitative estimate of drug-likeness (QED) is 0.744. The highest BCUT2D eigenvalue weighted by Gasteiger charge is 2.31. The van der Waals surface area contributed by atoms with Crippen LogP contribution < -0.4 is 5.73 Å². The lowest BCUT2D eigenvalue weighted by Crippen LogP contribution is -2.45. The van der Waals surface area contributed by atoms with Gasteiger partial charge in [0, 0.05) is 6.42 Å². The molecule has 0 saturated heterocycles. The Morgan fingerprint density at radius 3 is 2.43 bits per heavy atom. The van der Waals surface area contributed by atoms with Crippen LogP contribution in [0.1, 0.15) is 18.9 Å². The number of aliphatic hydroxyl groups is 1. The second kappa shape index (κ2) is 4.24. The van der Waals surface area contributed by atoms with Gasteiger partial charge in [0.2, 0.25) is 5.91 Å². The number of nitrogens with two attached hydrogens (primary N) is 1. The van der Waals surface area contributed by atoms with Crippen molar-refractivity contribution in [3.63, 3.8) is 0 Å². The molecule has 76 valence electrons. The van der Waals surface area contributed by atoms with Gasteiger partial charge in [-0.15, -0.1) is 0 Å². The molecular weight excluding hydrogens is 178 g/mol. The third-order valence-corrected chi connectivity index (χ3v) is 2.38. The topological polar surface area (TPSA) is 63.3 Å². The lowest BCUT2D eigenvalue weighted by Gasteiger charge is -2.22. The molecule has 0 saturated carbocycles. The lowest BCUT2D eigenvalue weighted by atomic mass is 9.91. The molecule has 0 fully saturated rings. The largest absolute Gasteiger partial charge is 0.380 e. The molecule has 3 nitrogen and oxygen atoms in total. The number of primary amides is 1. The summed E-state index contributed by atoms with van der Waals surface area (Å²) in [7, 11) is 0. The van der Waals surface area contributed by atoms with Gasteiger partial charge >= 0.3 is 0 Å². The molecule has 0 spiro atoms. The van der Waals surface area contributed by atoms with Gasteiger partial charge in [0.25, 0.3) is 0 Å². The Morgan fingerprint density at radius 1 is 1.43 bits per heavy atom. The Labute approximate surface area is 83.6 Å². The van der Waals surface area contributed by atoms with Gasteiger partial charge in [-0.3, -0.25) is 4.79 Å². The van der Waals surface area contributed by atoms with Gasteiger partial charge in [0.1, 0.15) is 5.60 Å². The summed E-state index contributed by atoms with van der Waals surface area (Å²) in [6.07, 6.45) is 0.608. The van der Waals surface area contributed by atoms with Crippen LogP contribution in [0.25, 0.3) is 0 Å². The summed E-state index contributed by atoms with van der Waals surface area (Å²) >= 11 is 0. The molecule has 1 aromatic rings. The van der Waals surface area contributed by atoms with Crippen LogP contribution in [0.15, 0.2) is 30.3 Å². The summed E-state index contributed by atoms with van der Waals surface area (Å²) < 4.78 is 0. The molecule has 3 heteroatoms. The average Bonchev–Trinajstić information content (AvgIpc) is 2.19. The number of hydrogen-bond donors (Lipinski definition) is 2. The average molecular weight is 193 g/mol. The molecule has 1 unspecified atom stereocenters. The van der Waals surface area contributed by atoms with Gasteiger partial charge in [-0.05, 0) is 12.0 Å². The maximum atomic E-state index is 11.0. The lowest BCUT2D eigenvalue weighted by molar-refractivity contribution is -0.136. The maximum Gasteiger partial charge on any atom is 0.249 e. The zero-order valence-electron chi connectivity index (χ0n) is 8.23. The van der Waals surface area contributed by atoms with E-state index >= 15 is 0 Å². The minimum atomic E-state index is -1.42. The molecule has 0 bridgehead atoms. The van der Waals surface area contributed by atoms with Gasteiger partial charge < -0.3 is 10.8 Å². The maximum absolute atomic E-state index is 11.0. The Bertz CT molecular complexity index is 310. The smallest absolute Gasteiger partial charge is 0.249 e. The summed E-state index contributed by atoms with van der Waals surface area (Å²) in [4.78, 5) is 11.0. The Hall–Kier alpha value is -1.35. The van der Waals surface area contributed by atoms with E-state index in [0.717, 1.165) is 5.56 Å². The molecule has 3 N–H and O–H groups in total. The summed E-state index contributed by atoms with van der Waals surface area (Å²) in [5.41, 5.74) is 4.64. The second-order valence-corrected chi connectivity index (χ2v) is 3.41. The highest BCUT2D eigenvalue weighted by molar-refractivity contribution is 5.83. The molecule has 0 aliphatic rings. The van der Waals surface area contributed by atoms with E-state index in [1.807, 2.05) is 30.3 Å². The minimum absolute atomic E-state index is 0.277. The van der Waals surface area contributed by atoms with E-state index in [4.69, 9.17) is 5.73 Å². The van der Waals surface area contributed by atoms with E-state index in [1.165, 1.54) is 0 Å². The molecule has 14 heavy (non-hydrogen) atoms. The third-order valence-electron chi connectivity index (χ3n) is 2.38. The summed E-state index contributed by atoms with van der Waals surface area (Å²) in [6.45, 7) is 1.74. The van der Waals surface area contributed by atoms with Crippen molar-refractivity contribution in [2.45, 2.75) is 25.4 Å². The van der Waals surface area contributed by atoms with Crippen LogP contribution in [0.4, 0.5) is 0 Å². The van der Waals surface area contributed by atoms with Crippen LogP contribution in [-0.2, 0) is 11.2 Å². The minimum Gasteiger partial charge on any atom is -0.380 e. The standard InChI is InChI=1S/C11H15NO2/c1-2-11(14,10(12)13)8-9-6-4-3-5-7-9/h3-7,14H,2,8H2,1H3,(H2,12,13). The third kappa shape index (κ3) is 2.33. The molecule has 0 aliphatic heterocycles. The van der Waals surface area contributed by atoms with Crippen molar-refractivity contribution in [3.8, 4) is 0 Å². The number of amides is 1. The van der Waals surface area contributed by atoms with Crippen molar-refractivity contribution in [3.05, 3.63) is 35.9 Å². The van der Waals surface area contributed by atoms with Crippen LogP contribution in [-0.4, -0.2) is 16.6 Å². The second-order valence-electron chi connectivity index (χ2n) is 3.41. The van der Waals surface area contributed by atoms with E-state index in [2.05, 4.69) is 0 Å². The predicted molar refractivity (Wildman–Crippen MR) is 54.6 cm³/mol. The molecule has 0 aliphatic carbocycles. The molecule has 1 aromatic carbocycles. The molecule has 1 rings (SSSR count). The van der Waals surface area contributed by atoms with Crippen LogP contribution in [0.5, 0.6) is 0 Å². The zero-order chi connectivity index (χ0) is 10.6. The molecule has 0 aromatic heterocycles. The van der Waals surface area contributed by atoms with E-state index < -0.39 is 11.5 Å². The molecule has 0 radical (unpaired) electrons. The first-order valence-electron chi connectivity index (χ1n) is 4.64. The van der Waals surface area contributed by atoms with Crippen molar-refractivity contribution in [2.75, 3.05) is 0 Å². The van der Waals surface area contributed by atoms with Crippen LogP contribution in [0.2, 0.25) is 0 Å². The van der Waals surface area contributed by atoms with Gasteiger partial charge in [-0.25, -0.2) is 0 Å². The van der Waals surface area contributed by atoms with Crippen molar-refractivity contribution >= 4 is 5.91 Å². The van der Waals surface area contributed by atoms with Gasteiger partial charge in [0.05, 0.1) is 0 Å². The van der Waals surface area contributed by atoms with Gasteiger partial charge in [0.15, 0.2) is 0 Å². The highest BCUT2D eigenvalue weighted by Crippen LogP contribution is 2.16. The first-order chi connectivity index (χ1) is 6.58. The summed E-state index contributed by atoms with van der Waals surface area (Å²) in [5.74, 6) is -0.663. The predicted octanol–water partition coefficient (Wildman–Crippen LogP) is 0.856. The van der Waals surface area contributed by atoms with Crippen molar-refractivity contribution in [1.29, 1.82) is 0 Å². The summed E-state index contributed by atoms with van der Waals surface area (Å²) in [5, 5.41) is 9.88. The van der Waals surface area contributed by atoms with Crippen LogP contribution >= 0.6 is 0 Å². The number of benzene rings is 1. The normalized spacial score (nSPS) is 14.7. The van der Waals surface area contributed by atoms with E-state index in [0.29, 0.717) is 6.42 Å². The Morgan fingerprint density at radius 2 is 2.00 bits per heavy atom. The van der Waals surface area contributed by atoms with Crippen molar-refractivity contribution in [1.82, 2.24) is 0 Å². The van der Waals surface area contributed by atoms with Gasteiger partial charge in [-0.2, -0.15) is 0 Å². The number of hydrogen-bond acceptors (Lipinski definition) is 2. The highest BCUT2D eigenvalue weighted by atomic mass is 16.3. The zero-order valence-corrected chi connectivity index (χ0v) is 8.23. The monoisotopic (exact) mass is 193 g/mol. The van der Waals surface area contributed by atoms with E-state index in [1.54, 1.807) is 6.92 Å².